The van der Waals surface area contributed by atoms with Crippen LogP contribution in [0.15, 0.2) is 24.3 Å². The SMILES string of the molecule is C[C@H](N)C(=O)Nc1ccc(CN2CCOCC2)cc1. The third kappa shape index (κ3) is 4.31. The van der Waals surface area contributed by atoms with E-state index in [0.717, 1.165) is 38.5 Å². The molecule has 5 nitrogen and oxygen atoms in total. The summed E-state index contributed by atoms with van der Waals surface area (Å²) in [6, 6.07) is 7.40. The average molecular weight is 263 g/mol. The van der Waals surface area contributed by atoms with Gasteiger partial charge in [-0.05, 0) is 24.6 Å². The summed E-state index contributed by atoms with van der Waals surface area (Å²) in [5, 5.41) is 2.77. The van der Waals surface area contributed by atoms with Crippen molar-refractivity contribution in [3.63, 3.8) is 0 Å². The minimum Gasteiger partial charge on any atom is -0.379 e. The molecule has 0 radical (unpaired) electrons. The molecule has 0 unspecified atom stereocenters. The van der Waals surface area contributed by atoms with Crippen LogP contribution in [0.1, 0.15) is 12.5 Å². The predicted octanol–water partition coefficient (Wildman–Crippen LogP) is 0.804. The van der Waals surface area contributed by atoms with Crippen molar-refractivity contribution >= 4 is 11.6 Å². The molecule has 1 atom stereocenters. The molecule has 2 rings (SSSR count). The number of hydrogen-bond acceptors (Lipinski definition) is 4. The lowest BCUT2D eigenvalue weighted by Crippen LogP contribution is -2.35. The number of anilines is 1. The fourth-order valence-electron chi connectivity index (χ4n) is 1.97. The van der Waals surface area contributed by atoms with Gasteiger partial charge < -0.3 is 15.8 Å². The van der Waals surface area contributed by atoms with Crippen molar-refractivity contribution in [3.05, 3.63) is 29.8 Å². The highest BCUT2D eigenvalue weighted by atomic mass is 16.5. The standard InChI is InChI=1S/C14H21N3O2/c1-11(15)14(18)16-13-4-2-12(3-5-13)10-17-6-8-19-9-7-17/h2-5,11H,6-10,15H2,1H3,(H,16,18)/t11-/m0/s1. The second-order valence-electron chi connectivity index (χ2n) is 4.86. The third-order valence-electron chi connectivity index (χ3n) is 3.14. The second kappa shape index (κ2) is 6.65. The Balaban J connectivity index is 1.88. The highest BCUT2D eigenvalue weighted by Gasteiger charge is 2.11. The minimum absolute atomic E-state index is 0.166. The molecule has 3 N–H and O–H groups in total. The van der Waals surface area contributed by atoms with Crippen LogP contribution in [0.25, 0.3) is 0 Å². The molecule has 5 heteroatoms. The molecule has 1 fully saturated rings. The molecule has 1 aliphatic rings. The molecule has 0 saturated carbocycles. The zero-order chi connectivity index (χ0) is 13.7. The van der Waals surface area contributed by atoms with E-state index in [1.807, 2.05) is 24.3 Å². The summed E-state index contributed by atoms with van der Waals surface area (Å²) in [4.78, 5) is 13.8. The summed E-state index contributed by atoms with van der Waals surface area (Å²) >= 11 is 0. The van der Waals surface area contributed by atoms with Crippen LogP contribution in [-0.2, 0) is 16.1 Å². The number of rotatable bonds is 4. The van der Waals surface area contributed by atoms with Crippen LogP contribution in [0.5, 0.6) is 0 Å². The minimum atomic E-state index is -0.493. The Kier molecular flexibility index (Phi) is 4.90. The predicted molar refractivity (Wildman–Crippen MR) is 74.8 cm³/mol. The Labute approximate surface area is 113 Å². The Morgan fingerprint density at radius 2 is 2.00 bits per heavy atom. The molecule has 1 heterocycles. The third-order valence-corrected chi connectivity index (χ3v) is 3.14. The Morgan fingerprint density at radius 1 is 1.37 bits per heavy atom. The van der Waals surface area contributed by atoms with Crippen molar-refractivity contribution < 1.29 is 9.53 Å². The molecule has 1 aliphatic heterocycles. The number of carbonyl (C=O) groups excluding carboxylic acids is 1. The van der Waals surface area contributed by atoms with Gasteiger partial charge in [0.2, 0.25) is 5.91 Å². The molecule has 1 amide bonds. The highest BCUT2D eigenvalue weighted by Crippen LogP contribution is 2.12. The lowest BCUT2D eigenvalue weighted by atomic mass is 10.2. The molecular formula is C14H21N3O2. The number of nitrogens with two attached hydrogens (primary N) is 1. The van der Waals surface area contributed by atoms with Gasteiger partial charge in [-0.2, -0.15) is 0 Å². The summed E-state index contributed by atoms with van der Waals surface area (Å²) in [6.07, 6.45) is 0. The van der Waals surface area contributed by atoms with Gasteiger partial charge in [-0.3, -0.25) is 9.69 Å². The van der Waals surface area contributed by atoms with Crippen LogP contribution >= 0.6 is 0 Å². The van der Waals surface area contributed by atoms with Crippen molar-refractivity contribution in [2.45, 2.75) is 19.5 Å². The van der Waals surface area contributed by atoms with E-state index in [0.29, 0.717) is 0 Å². The van der Waals surface area contributed by atoms with Crippen molar-refractivity contribution in [2.75, 3.05) is 31.6 Å². The van der Waals surface area contributed by atoms with Crippen LogP contribution in [0, 0.1) is 0 Å². The summed E-state index contributed by atoms with van der Waals surface area (Å²) in [5.41, 5.74) is 7.53. The fourth-order valence-corrected chi connectivity index (χ4v) is 1.97. The van der Waals surface area contributed by atoms with Crippen LogP contribution in [0.3, 0.4) is 0 Å². The van der Waals surface area contributed by atoms with Crippen LogP contribution < -0.4 is 11.1 Å². The van der Waals surface area contributed by atoms with Crippen molar-refractivity contribution in [2.24, 2.45) is 5.73 Å². The van der Waals surface area contributed by atoms with Gasteiger partial charge in [0.05, 0.1) is 19.3 Å². The number of ether oxygens (including phenoxy) is 1. The lowest BCUT2D eigenvalue weighted by molar-refractivity contribution is -0.117. The molecule has 19 heavy (non-hydrogen) atoms. The van der Waals surface area contributed by atoms with Crippen molar-refractivity contribution in [1.82, 2.24) is 4.90 Å². The lowest BCUT2D eigenvalue weighted by Gasteiger charge is -2.26. The number of benzene rings is 1. The van der Waals surface area contributed by atoms with E-state index in [4.69, 9.17) is 10.5 Å². The van der Waals surface area contributed by atoms with Crippen molar-refractivity contribution in [3.8, 4) is 0 Å². The van der Waals surface area contributed by atoms with Gasteiger partial charge in [-0.1, -0.05) is 12.1 Å². The topological polar surface area (TPSA) is 67.6 Å². The van der Waals surface area contributed by atoms with Gasteiger partial charge in [0, 0.05) is 25.3 Å². The van der Waals surface area contributed by atoms with E-state index >= 15 is 0 Å². The Hall–Kier alpha value is -1.43. The zero-order valence-corrected chi connectivity index (χ0v) is 11.3. The van der Waals surface area contributed by atoms with E-state index in [1.54, 1.807) is 6.92 Å². The van der Waals surface area contributed by atoms with Gasteiger partial charge in [-0.25, -0.2) is 0 Å². The number of nitrogens with zero attached hydrogens (tertiary/aromatic N) is 1. The second-order valence-corrected chi connectivity index (χ2v) is 4.86. The first-order valence-electron chi connectivity index (χ1n) is 6.60. The smallest absolute Gasteiger partial charge is 0.240 e. The molecule has 1 aromatic rings. The van der Waals surface area contributed by atoms with E-state index in [9.17, 15) is 4.79 Å². The Bertz CT molecular complexity index is 411. The normalized spacial score (nSPS) is 18.0. The molecule has 0 spiro atoms. The van der Waals surface area contributed by atoms with E-state index in [1.165, 1.54) is 5.56 Å². The number of amides is 1. The maximum atomic E-state index is 11.5. The zero-order valence-electron chi connectivity index (χ0n) is 11.3. The summed E-state index contributed by atoms with van der Waals surface area (Å²) < 4.78 is 5.32. The van der Waals surface area contributed by atoms with Crippen molar-refractivity contribution in [1.29, 1.82) is 0 Å². The van der Waals surface area contributed by atoms with Gasteiger partial charge in [0.25, 0.3) is 0 Å². The number of hydrogen-bond donors (Lipinski definition) is 2. The molecule has 0 aromatic heterocycles. The van der Waals surface area contributed by atoms with Crippen LogP contribution in [-0.4, -0.2) is 43.2 Å². The number of nitrogens with one attached hydrogen (secondary N) is 1. The van der Waals surface area contributed by atoms with E-state index < -0.39 is 6.04 Å². The molecule has 0 bridgehead atoms. The highest BCUT2D eigenvalue weighted by molar-refractivity contribution is 5.94. The maximum Gasteiger partial charge on any atom is 0.240 e. The fraction of sp³-hybridized carbons (Fsp3) is 0.500. The summed E-state index contributed by atoms with van der Waals surface area (Å²) in [7, 11) is 0. The monoisotopic (exact) mass is 263 g/mol. The quantitative estimate of drug-likeness (QED) is 0.843. The molecule has 0 aliphatic carbocycles. The molecule has 1 aromatic carbocycles. The molecular weight excluding hydrogens is 242 g/mol. The van der Waals surface area contributed by atoms with Crippen LogP contribution in [0.2, 0.25) is 0 Å². The van der Waals surface area contributed by atoms with Crippen LogP contribution in [0.4, 0.5) is 5.69 Å². The van der Waals surface area contributed by atoms with E-state index in [-0.39, 0.29) is 5.91 Å². The maximum absolute atomic E-state index is 11.5. The Morgan fingerprint density at radius 3 is 2.58 bits per heavy atom. The largest absolute Gasteiger partial charge is 0.379 e. The van der Waals surface area contributed by atoms with Gasteiger partial charge in [-0.15, -0.1) is 0 Å². The molecule has 1 saturated heterocycles. The van der Waals surface area contributed by atoms with Gasteiger partial charge in [0.1, 0.15) is 0 Å². The molecule has 104 valence electrons. The number of morpholine rings is 1. The van der Waals surface area contributed by atoms with Gasteiger partial charge >= 0.3 is 0 Å². The van der Waals surface area contributed by atoms with E-state index in [2.05, 4.69) is 10.2 Å². The number of carbonyl (C=O) groups is 1. The average Bonchev–Trinajstić information content (AvgIpc) is 2.42. The summed E-state index contributed by atoms with van der Waals surface area (Å²) in [5.74, 6) is -0.166. The first-order chi connectivity index (χ1) is 9.15. The first kappa shape index (κ1) is 14.0. The first-order valence-corrected chi connectivity index (χ1v) is 6.60. The van der Waals surface area contributed by atoms with Gasteiger partial charge in [0.15, 0.2) is 0 Å². The summed E-state index contributed by atoms with van der Waals surface area (Å²) in [6.45, 7) is 6.16.